The summed E-state index contributed by atoms with van der Waals surface area (Å²) in [5.74, 6) is 0. The molecule has 0 aliphatic carbocycles. The molecule has 5 heteroatoms. The number of aryl methyl sites for hydroxylation is 1. The van der Waals surface area contributed by atoms with Crippen LogP contribution >= 0.6 is 11.6 Å². The van der Waals surface area contributed by atoms with Crippen molar-refractivity contribution in [2.24, 2.45) is 5.73 Å². The molecule has 1 nitrogen and oxygen atoms in total. The molecule has 2 aromatic rings. The van der Waals surface area contributed by atoms with Crippen molar-refractivity contribution >= 4 is 11.6 Å². The quantitative estimate of drug-likeness (QED) is 0.856. The maximum atomic E-state index is 12.7. The van der Waals surface area contributed by atoms with E-state index in [1.165, 1.54) is 6.07 Å². The van der Waals surface area contributed by atoms with Crippen LogP contribution in [0.5, 0.6) is 0 Å². The normalized spacial score (nSPS) is 13.2. The van der Waals surface area contributed by atoms with E-state index in [9.17, 15) is 13.2 Å². The molecule has 0 radical (unpaired) electrons. The van der Waals surface area contributed by atoms with E-state index in [2.05, 4.69) is 0 Å². The van der Waals surface area contributed by atoms with E-state index in [4.69, 9.17) is 17.3 Å². The summed E-state index contributed by atoms with van der Waals surface area (Å²) < 4.78 is 38.1. The predicted octanol–water partition coefficient (Wildman–Crippen LogP) is 4.91. The smallest absolute Gasteiger partial charge is 0.324 e. The Labute approximate surface area is 126 Å². The van der Waals surface area contributed by atoms with Crippen LogP contribution in [-0.2, 0) is 12.6 Å². The Hall–Kier alpha value is -1.52. The largest absolute Gasteiger partial charge is 0.416 e. The third-order valence-electron chi connectivity index (χ3n) is 3.27. The van der Waals surface area contributed by atoms with Gasteiger partial charge in [-0.15, -0.1) is 0 Å². The Morgan fingerprint density at radius 1 is 1.14 bits per heavy atom. The zero-order chi connectivity index (χ0) is 15.6. The fourth-order valence-corrected chi connectivity index (χ4v) is 2.55. The van der Waals surface area contributed by atoms with Gasteiger partial charge in [-0.2, -0.15) is 13.2 Å². The molecule has 0 amide bonds. The molecule has 0 heterocycles. The van der Waals surface area contributed by atoms with E-state index >= 15 is 0 Å². The van der Waals surface area contributed by atoms with Crippen LogP contribution < -0.4 is 5.73 Å². The van der Waals surface area contributed by atoms with E-state index in [-0.39, 0.29) is 0 Å². The van der Waals surface area contributed by atoms with Crippen molar-refractivity contribution < 1.29 is 13.2 Å². The van der Waals surface area contributed by atoms with Gasteiger partial charge >= 0.3 is 6.18 Å². The van der Waals surface area contributed by atoms with Crippen LogP contribution in [0, 0.1) is 6.92 Å². The molecule has 112 valence electrons. The first-order chi connectivity index (χ1) is 9.77. The third kappa shape index (κ3) is 3.99. The minimum absolute atomic E-state index is 0.298. The van der Waals surface area contributed by atoms with E-state index in [1.54, 1.807) is 12.1 Å². The SMILES string of the molecule is Cc1ccc(C(N)Cc2cccc(C(F)(F)F)c2)c(Cl)c1. The summed E-state index contributed by atoms with van der Waals surface area (Å²) >= 11 is 6.13. The molecule has 2 rings (SSSR count). The Kier molecular flexibility index (Phi) is 4.59. The van der Waals surface area contributed by atoms with Crippen LogP contribution in [-0.4, -0.2) is 0 Å². The number of halogens is 4. The van der Waals surface area contributed by atoms with Crippen LogP contribution in [0.15, 0.2) is 42.5 Å². The van der Waals surface area contributed by atoms with Crippen molar-refractivity contribution in [1.82, 2.24) is 0 Å². The third-order valence-corrected chi connectivity index (χ3v) is 3.59. The van der Waals surface area contributed by atoms with Gasteiger partial charge in [-0.25, -0.2) is 0 Å². The average Bonchev–Trinajstić information content (AvgIpc) is 2.37. The summed E-state index contributed by atoms with van der Waals surface area (Å²) in [7, 11) is 0. The van der Waals surface area contributed by atoms with Gasteiger partial charge in [0.25, 0.3) is 0 Å². The molecule has 0 aromatic heterocycles. The van der Waals surface area contributed by atoms with Crippen molar-refractivity contribution in [3.63, 3.8) is 0 Å². The number of nitrogens with two attached hydrogens (primary N) is 1. The van der Waals surface area contributed by atoms with E-state index < -0.39 is 17.8 Å². The highest BCUT2D eigenvalue weighted by Gasteiger charge is 2.30. The molecule has 2 N–H and O–H groups in total. The standard InChI is InChI=1S/C16H15ClF3N/c1-10-5-6-13(14(17)7-10)15(21)9-11-3-2-4-12(8-11)16(18,19)20/h2-8,15H,9,21H2,1H3. The van der Waals surface area contributed by atoms with Crippen molar-refractivity contribution in [2.45, 2.75) is 25.6 Å². The number of hydrogen-bond acceptors (Lipinski definition) is 1. The molecule has 2 aromatic carbocycles. The number of alkyl halides is 3. The minimum Gasteiger partial charge on any atom is -0.324 e. The van der Waals surface area contributed by atoms with E-state index in [1.807, 2.05) is 19.1 Å². The van der Waals surface area contributed by atoms with E-state index in [0.717, 1.165) is 23.3 Å². The summed E-state index contributed by atoms with van der Waals surface area (Å²) in [4.78, 5) is 0. The van der Waals surface area contributed by atoms with Gasteiger partial charge in [0.15, 0.2) is 0 Å². The van der Waals surface area contributed by atoms with Gasteiger partial charge in [-0.1, -0.05) is 41.9 Å². The highest BCUT2D eigenvalue weighted by molar-refractivity contribution is 6.31. The minimum atomic E-state index is -4.35. The zero-order valence-corrected chi connectivity index (χ0v) is 12.2. The topological polar surface area (TPSA) is 26.0 Å². The Morgan fingerprint density at radius 2 is 1.86 bits per heavy atom. The molecule has 0 fully saturated rings. The summed E-state index contributed by atoms with van der Waals surface area (Å²) in [6.07, 6.45) is -4.05. The van der Waals surface area contributed by atoms with Crippen LogP contribution in [0.2, 0.25) is 5.02 Å². The summed E-state index contributed by atoms with van der Waals surface area (Å²) in [5.41, 5.74) is 7.69. The number of benzene rings is 2. The summed E-state index contributed by atoms with van der Waals surface area (Å²) in [6, 6.07) is 10.3. The Morgan fingerprint density at radius 3 is 2.48 bits per heavy atom. The fourth-order valence-electron chi connectivity index (χ4n) is 2.17. The first-order valence-electron chi connectivity index (χ1n) is 6.45. The number of rotatable bonds is 3. The molecule has 1 atom stereocenters. The molecule has 0 saturated carbocycles. The highest BCUT2D eigenvalue weighted by Crippen LogP contribution is 2.31. The van der Waals surface area contributed by atoms with Crippen LogP contribution in [0.25, 0.3) is 0 Å². The van der Waals surface area contributed by atoms with Crippen LogP contribution in [0.3, 0.4) is 0 Å². The molecular weight excluding hydrogens is 299 g/mol. The maximum absolute atomic E-state index is 12.7. The fraction of sp³-hybridized carbons (Fsp3) is 0.250. The van der Waals surface area contributed by atoms with Crippen molar-refractivity contribution in [1.29, 1.82) is 0 Å². The van der Waals surface area contributed by atoms with Crippen LogP contribution in [0.4, 0.5) is 13.2 Å². The lowest BCUT2D eigenvalue weighted by molar-refractivity contribution is -0.137. The molecule has 0 spiro atoms. The molecule has 21 heavy (non-hydrogen) atoms. The molecule has 1 unspecified atom stereocenters. The summed E-state index contributed by atoms with van der Waals surface area (Å²) in [5, 5.41) is 0.537. The Balaban J connectivity index is 2.21. The van der Waals surface area contributed by atoms with Crippen molar-refractivity contribution in [3.05, 3.63) is 69.7 Å². The van der Waals surface area contributed by atoms with Crippen molar-refractivity contribution in [3.8, 4) is 0 Å². The second kappa shape index (κ2) is 6.08. The monoisotopic (exact) mass is 313 g/mol. The predicted molar refractivity (Wildman–Crippen MR) is 78.3 cm³/mol. The zero-order valence-electron chi connectivity index (χ0n) is 11.4. The molecule has 0 aliphatic heterocycles. The highest BCUT2D eigenvalue weighted by atomic mass is 35.5. The lowest BCUT2D eigenvalue weighted by Crippen LogP contribution is -2.14. The number of hydrogen-bond donors (Lipinski definition) is 1. The molecular formula is C16H15ClF3N. The second-order valence-electron chi connectivity index (χ2n) is 5.03. The molecule has 0 bridgehead atoms. The van der Waals surface area contributed by atoms with Gasteiger partial charge in [0.1, 0.15) is 0 Å². The van der Waals surface area contributed by atoms with Gasteiger partial charge < -0.3 is 5.73 Å². The first kappa shape index (κ1) is 15.9. The lowest BCUT2D eigenvalue weighted by Gasteiger charge is -2.15. The van der Waals surface area contributed by atoms with Gasteiger partial charge in [0, 0.05) is 11.1 Å². The first-order valence-corrected chi connectivity index (χ1v) is 6.83. The van der Waals surface area contributed by atoms with Crippen LogP contribution in [0.1, 0.15) is 28.3 Å². The van der Waals surface area contributed by atoms with Gasteiger partial charge in [-0.05, 0) is 42.2 Å². The van der Waals surface area contributed by atoms with Gasteiger partial charge in [-0.3, -0.25) is 0 Å². The van der Waals surface area contributed by atoms with E-state index in [0.29, 0.717) is 17.0 Å². The molecule has 0 saturated heterocycles. The van der Waals surface area contributed by atoms with Crippen molar-refractivity contribution in [2.75, 3.05) is 0 Å². The average molecular weight is 314 g/mol. The summed E-state index contributed by atoms with van der Waals surface area (Å²) in [6.45, 7) is 1.91. The molecule has 0 aliphatic rings. The lowest BCUT2D eigenvalue weighted by atomic mass is 9.97. The van der Waals surface area contributed by atoms with Gasteiger partial charge in [0.05, 0.1) is 5.56 Å². The second-order valence-corrected chi connectivity index (χ2v) is 5.44. The maximum Gasteiger partial charge on any atom is 0.416 e. The van der Waals surface area contributed by atoms with Gasteiger partial charge in [0.2, 0.25) is 0 Å². The Bertz CT molecular complexity index is 638.